The zero-order valence-corrected chi connectivity index (χ0v) is 11.5. The van der Waals surface area contributed by atoms with Crippen molar-refractivity contribution in [2.75, 3.05) is 0 Å². The highest BCUT2D eigenvalue weighted by Crippen LogP contribution is 2.14. The lowest BCUT2D eigenvalue weighted by Gasteiger charge is -2.14. The molecule has 1 amide bonds. The summed E-state index contributed by atoms with van der Waals surface area (Å²) < 4.78 is 0. The van der Waals surface area contributed by atoms with Gasteiger partial charge in [-0.3, -0.25) is 9.78 Å². The summed E-state index contributed by atoms with van der Waals surface area (Å²) >= 11 is 5.85. The highest BCUT2D eigenvalue weighted by atomic mass is 35.5. The Hall–Kier alpha value is -1.94. The average Bonchev–Trinajstić information content (AvgIpc) is 2.38. The van der Waals surface area contributed by atoms with Crippen molar-refractivity contribution >= 4 is 17.5 Å². The van der Waals surface area contributed by atoms with Gasteiger partial charge in [0, 0.05) is 23.7 Å². The standard InChI is InChI=1S/C14H14ClN3O/c1-9-6-12(7-13(15)17-9)14(19)18-10(2)11-4-3-5-16-8-11/h3-8,10H,1-2H3,(H,18,19). The van der Waals surface area contributed by atoms with E-state index in [1.54, 1.807) is 31.5 Å². The van der Waals surface area contributed by atoms with Crippen molar-refractivity contribution in [3.63, 3.8) is 0 Å². The highest BCUT2D eigenvalue weighted by molar-refractivity contribution is 6.29. The molecule has 98 valence electrons. The summed E-state index contributed by atoms with van der Waals surface area (Å²) in [7, 11) is 0. The van der Waals surface area contributed by atoms with Crippen LogP contribution < -0.4 is 5.32 Å². The van der Waals surface area contributed by atoms with E-state index in [2.05, 4.69) is 15.3 Å². The summed E-state index contributed by atoms with van der Waals surface area (Å²) in [6, 6.07) is 6.90. The minimum Gasteiger partial charge on any atom is -0.345 e. The SMILES string of the molecule is Cc1cc(C(=O)NC(C)c2cccnc2)cc(Cl)n1. The summed E-state index contributed by atoms with van der Waals surface area (Å²) in [4.78, 5) is 20.2. The number of rotatable bonds is 3. The molecule has 0 bridgehead atoms. The van der Waals surface area contributed by atoms with Crippen molar-refractivity contribution in [2.45, 2.75) is 19.9 Å². The second kappa shape index (κ2) is 5.80. The molecule has 0 fully saturated rings. The molecule has 0 aliphatic rings. The summed E-state index contributed by atoms with van der Waals surface area (Å²) in [6.45, 7) is 3.71. The molecule has 5 heteroatoms. The molecule has 0 aliphatic heterocycles. The van der Waals surface area contributed by atoms with Crippen molar-refractivity contribution in [1.29, 1.82) is 0 Å². The van der Waals surface area contributed by atoms with Gasteiger partial charge >= 0.3 is 0 Å². The van der Waals surface area contributed by atoms with Gasteiger partial charge in [0.25, 0.3) is 5.91 Å². The summed E-state index contributed by atoms with van der Waals surface area (Å²) in [5.74, 6) is -0.177. The number of aromatic nitrogens is 2. The molecule has 1 unspecified atom stereocenters. The number of nitrogens with one attached hydrogen (secondary N) is 1. The van der Waals surface area contributed by atoms with Gasteiger partial charge in [0.05, 0.1) is 6.04 Å². The maximum absolute atomic E-state index is 12.1. The van der Waals surface area contributed by atoms with Gasteiger partial charge in [-0.2, -0.15) is 0 Å². The maximum Gasteiger partial charge on any atom is 0.251 e. The largest absolute Gasteiger partial charge is 0.345 e. The number of aryl methyl sites for hydroxylation is 1. The predicted molar refractivity (Wildman–Crippen MR) is 74.1 cm³/mol. The van der Waals surface area contributed by atoms with Crippen LogP contribution in [0.2, 0.25) is 5.15 Å². The van der Waals surface area contributed by atoms with Crippen molar-refractivity contribution in [3.05, 3.63) is 58.6 Å². The Morgan fingerprint density at radius 2 is 2.21 bits per heavy atom. The van der Waals surface area contributed by atoms with Crippen LogP contribution in [0.15, 0.2) is 36.7 Å². The lowest BCUT2D eigenvalue weighted by molar-refractivity contribution is 0.0939. The van der Waals surface area contributed by atoms with Crippen LogP contribution in [0.25, 0.3) is 0 Å². The van der Waals surface area contributed by atoms with Gasteiger partial charge in [-0.1, -0.05) is 17.7 Å². The normalized spacial score (nSPS) is 11.9. The van der Waals surface area contributed by atoms with E-state index in [1.807, 2.05) is 19.1 Å². The van der Waals surface area contributed by atoms with Crippen molar-refractivity contribution in [1.82, 2.24) is 15.3 Å². The second-order valence-electron chi connectivity index (χ2n) is 4.30. The molecular weight excluding hydrogens is 262 g/mol. The summed E-state index contributed by atoms with van der Waals surface area (Å²) in [6.07, 6.45) is 3.43. The Balaban J connectivity index is 2.13. The first-order valence-electron chi connectivity index (χ1n) is 5.91. The van der Waals surface area contributed by atoms with Gasteiger partial charge in [-0.25, -0.2) is 4.98 Å². The Morgan fingerprint density at radius 3 is 2.84 bits per heavy atom. The Morgan fingerprint density at radius 1 is 1.42 bits per heavy atom. The Bertz CT molecular complexity index is 566. The molecule has 2 heterocycles. The van der Waals surface area contributed by atoms with E-state index in [9.17, 15) is 4.79 Å². The molecular formula is C14H14ClN3O. The van der Waals surface area contributed by atoms with Crippen LogP contribution >= 0.6 is 11.6 Å². The van der Waals surface area contributed by atoms with E-state index < -0.39 is 0 Å². The van der Waals surface area contributed by atoms with Crippen molar-refractivity contribution < 1.29 is 4.79 Å². The zero-order chi connectivity index (χ0) is 13.8. The van der Waals surface area contributed by atoms with Gasteiger partial charge in [0.2, 0.25) is 0 Å². The van der Waals surface area contributed by atoms with Gasteiger partial charge in [0.15, 0.2) is 0 Å². The van der Waals surface area contributed by atoms with Crippen molar-refractivity contribution in [2.24, 2.45) is 0 Å². The lowest BCUT2D eigenvalue weighted by Crippen LogP contribution is -2.26. The first kappa shape index (κ1) is 13.5. The third-order valence-electron chi connectivity index (χ3n) is 2.72. The maximum atomic E-state index is 12.1. The number of nitrogens with zero attached hydrogens (tertiary/aromatic N) is 2. The fraction of sp³-hybridized carbons (Fsp3) is 0.214. The number of pyridine rings is 2. The van der Waals surface area contributed by atoms with E-state index in [1.165, 1.54) is 0 Å². The van der Waals surface area contributed by atoms with Crippen LogP contribution in [0.1, 0.15) is 34.6 Å². The monoisotopic (exact) mass is 275 g/mol. The summed E-state index contributed by atoms with van der Waals surface area (Å²) in [5.41, 5.74) is 2.17. The molecule has 0 radical (unpaired) electrons. The van der Waals surface area contributed by atoms with E-state index >= 15 is 0 Å². The molecule has 0 spiro atoms. The molecule has 2 aromatic heterocycles. The first-order valence-corrected chi connectivity index (χ1v) is 6.29. The second-order valence-corrected chi connectivity index (χ2v) is 4.69. The fourth-order valence-corrected chi connectivity index (χ4v) is 2.01. The van der Waals surface area contributed by atoms with Crippen LogP contribution in [-0.2, 0) is 0 Å². The number of hydrogen-bond donors (Lipinski definition) is 1. The molecule has 2 aromatic rings. The quantitative estimate of drug-likeness (QED) is 0.876. The van der Waals surface area contributed by atoms with Crippen LogP contribution in [0, 0.1) is 6.92 Å². The zero-order valence-electron chi connectivity index (χ0n) is 10.7. The number of hydrogen-bond acceptors (Lipinski definition) is 3. The van der Waals surface area contributed by atoms with E-state index in [0.717, 1.165) is 5.56 Å². The molecule has 0 saturated heterocycles. The van der Waals surface area contributed by atoms with Gasteiger partial charge in [-0.15, -0.1) is 0 Å². The molecule has 19 heavy (non-hydrogen) atoms. The Kier molecular flexibility index (Phi) is 4.12. The number of carbonyl (C=O) groups excluding carboxylic acids is 1. The van der Waals surface area contributed by atoms with Gasteiger partial charge < -0.3 is 5.32 Å². The van der Waals surface area contributed by atoms with Crippen LogP contribution in [0.3, 0.4) is 0 Å². The highest BCUT2D eigenvalue weighted by Gasteiger charge is 2.12. The molecule has 4 nitrogen and oxygen atoms in total. The third-order valence-corrected chi connectivity index (χ3v) is 2.91. The molecule has 2 rings (SSSR count). The molecule has 0 aromatic carbocycles. The van der Waals surface area contributed by atoms with E-state index in [-0.39, 0.29) is 11.9 Å². The van der Waals surface area contributed by atoms with E-state index in [0.29, 0.717) is 16.4 Å². The third kappa shape index (κ3) is 3.51. The molecule has 0 saturated carbocycles. The van der Waals surface area contributed by atoms with Gasteiger partial charge in [-0.05, 0) is 37.6 Å². The molecule has 0 aliphatic carbocycles. The smallest absolute Gasteiger partial charge is 0.251 e. The predicted octanol–water partition coefficient (Wildman–Crippen LogP) is 2.93. The molecule has 1 N–H and O–H groups in total. The van der Waals surface area contributed by atoms with Crippen LogP contribution in [-0.4, -0.2) is 15.9 Å². The first-order chi connectivity index (χ1) is 9.06. The lowest BCUT2D eigenvalue weighted by atomic mass is 10.1. The van der Waals surface area contributed by atoms with Gasteiger partial charge in [0.1, 0.15) is 5.15 Å². The van der Waals surface area contributed by atoms with Crippen LogP contribution in [0.4, 0.5) is 0 Å². The topological polar surface area (TPSA) is 54.9 Å². The molecule has 1 atom stereocenters. The van der Waals surface area contributed by atoms with E-state index in [4.69, 9.17) is 11.6 Å². The summed E-state index contributed by atoms with van der Waals surface area (Å²) in [5, 5.41) is 3.22. The minimum absolute atomic E-state index is 0.117. The fourth-order valence-electron chi connectivity index (χ4n) is 1.75. The Labute approximate surface area is 116 Å². The minimum atomic E-state index is -0.177. The number of amides is 1. The number of halogens is 1. The van der Waals surface area contributed by atoms with Crippen LogP contribution in [0.5, 0.6) is 0 Å². The number of carbonyl (C=O) groups is 1. The average molecular weight is 276 g/mol. The van der Waals surface area contributed by atoms with Crippen molar-refractivity contribution in [3.8, 4) is 0 Å².